The lowest BCUT2D eigenvalue weighted by atomic mass is 10.1. The molecule has 1 heterocycles. The summed E-state index contributed by atoms with van der Waals surface area (Å²) in [6, 6.07) is 2.54. The maximum absolute atomic E-state index is 12.3. The molecule has 0 saturated heterocycles. The molecule has 16 heavy (non-hydrogen) atoms. The molecular weight excluding hydrogens is 264 g/mol. The van der Waals surface area contributed by atoms with Crippen molar-refractivity contribution in [2.75, 3.05) is 5.88 Å². The summed E-state index contributed by atoms with van der Waals surface area (Å²) in [6.45, 7) is 0. The summed E-state index contributed by atoms with van der Waals surface area (Å²) >= 11 is 11.1. The van der Waals surface area contributed by atoms with Crippen molar-refractivity contribution in [3.05, 3.63) is 28.5 Å². The predicted molar refractivity (Wildman–Crippen MR) is 53.3 cm³/mol. The topological polar surface area (TPSA) is 36.7 Å². The lowest BCUT2D eigenvalue weighted by Crippen LogP contribution is -2.08. The summed E-state index contributed by atoms with van der Waals surface area (Å²) in [4.78, 5) is 3.53. The first-order valence-electron chi connectivity index (χ1n) is 4.08. The molecule has 0 bridgehead atoms. The van der Waals surface area contributed by atoms with E-state index in [4.69, 9.17) is 28.5 Å². The average Bonchev–Trinajstić information content (AvgIpc) is 2.20. The SMILES string of the molecule is N#CC(CCl)c1ncc(C(F)(F)F)cc1Cl. The van der Waals surface area contributed by atoms with Gasteiger partial charge in [0, 0.05) is 12.1 Å². The monoisotopic (exact) mass is 268 g/mol. The van der Waals surface area contributed by atoms with Gasteiger partial charge >= 0.3 is 6.18 Å². The highest BCUT2D eigenvalue weighted by molar-refractivity contribution is 6.31. The van der Waals surface area contributed by atoms with Crippen LogP contribution in [0.15, 0.2) is 12.3 Å². The molecule has 0 saturated carbocycles. The van der Waals surface area contributed by atoms with Gasteiger partial charge in [-0.1, -0.05) is 11.6 Å². The molecule has 0 spiro atoms. The van der Waals surface area contributed by atoms with Crippen molar-refractivity contribution in [2.24, 2.45) is 0 Å². The summed E-state index contributed by atoms with van der Waals surface area (Å²) in [5.41, 5.74) is -0.889. The molecule has 0 fully saturated rings. The molecule has 2 nitrogen and oxygen atoms in total. The summed E-state index contributed by atoms with van der Waals surface area (Å²) in [5, 5.41) is 8.47. The van der Waals surface area contributed by atoms with Crippen LogP contribution in [0.5, 0.6) is 0 Å². The number of nitriles is 1. The standard InChI is InChI=1S/C9H5Cl2F3N2/c10-2-5(3-15)8-7(11)1-6(4-16-8)9(12,13)14/h1,4-5H,2H2. The molecule has 0 aliphatic heterocycles. The Balaban J connectivity index is 3.15. The van der Waals surface area contributed by atoms with Gasteiger partial charge in [0.05, 0.1) is 22.3 Å². The van der Waals surface area contributed by atoms with E-state index in [-0.39, 0.29) is 16.6 Å². The van der Waals surface area contributed by atoms with Gasteiger partial charge in [-0.3, -0.25) is 4.98 Å². The zero-order valence-corrected chi connectivity index (χ0v) is 9.24. The minimum absolute atomic E-state index is 0.0622. The number of aromatic nitrogens is 1. The first-order chi connectivity index (χ1) is 7.40. The fraction of sp³-hybridized carbons (Fsp3) is 0.333. The van der Waals surface area contributed by atoms with Gasteiger partial charge in [-0.15, -0.1) is 11.6 Å². The van der Waals surface area contributed by atoms with Crippen molar-refractivity contribution in [2.45, 2.75) is 12.1 Å². The van der Waals surface area contributed by atoms with E-state index in [0.717, 1.165) is 6.07 Å². The van der Waals surface area contributed by atoms with Crippen molar-refractivity contribution in [3.63, 3.8) is 0 Å². The molecule has 86 valence electrons. The molecule has 1 aromatic heterocycles. The maximum Gasteiger partial charge on any atom is 0.417 e. The first kappa shape index (κ1) is 13.1. The Morgan fingerprint density at radius 1 is 1.50 bits per heavy atom. The normalized spacial score (nSPS) is 13.2. The van der Waals surface area contributed by atoms with Crippen LogP contribution in [0.2, 0.25) is 5.02 Å². The summed E-state index contributed by atoms with van der Waals surface area (Å²) in [5.74, 6) is -0.884. The van der Waals surface area contributed by atoms with E-state index in [2.05, 4.69) is 4.98 Å². The highest BCUT2D eigenvalue weighted by atomic mass is 35.5. The summed E-state index contributed by atoms with van der Waals surface area (Å²) in [7, 11) is 0. The molecule has 7 heteroatoms. The van der Waals surface area contributed by atoms with Gasteiger partial charge < -0.3 is 0 Å². The fourth-order valence-electron chi connectivity index (χ4n) is 1.03. The predicted octanol–water partition coefficient (Wildman–Crippen LogP) is 3.60. The Morgan fingerprint density at radius 2 is 2.12 bits per heavy atom. The van der Waals surface area contributed by atoms with E-state index in [1.165, 1.54) is 0 Å². The van der Waals surface area contributed by atoms with Gasteiger partial charge in [-0.25, -0.2) is 0 Å². The third-order valence-corrected chi connectivity index (χ3v) is 2.45. The smallest absolute Gasteiger partial charge is 0.258 e. The molecule has 1 unspecified atom stereocenters. The number of hydrogen-bond acceptors (Lipinski definition) is 2. The van der Waals surface area contributed by atoms with Crippen molar-refractivity contribution in [1.29, 1.82) is 5.26 Å². The molecular formula is C9H5Cl2F3N2. The van der Waals surface area contributed by atoms with Crippen LogP contribution in [0.3, 0.4) is 0 Å². The van der Waals surface area contributed by atoms with E-state index in [0.29, 0.717) is 6.20 Å². The molecule has 0 N–H and O–H groups in total. The third kappa shape index (κ3) is 2.77. The van der Waals surface area contributed by atoms with Crippen LogP contribution < -0.4 is 0 Å². The summed E-state index contributed by atoms with van der Waals surface area (Å²) < 4.78 is 36.8. The van der Waals surface area contributed by atoms with Crippen molar-refractivity contribution < 1.29 is 13.2 Å². The largest absolute Gasteiger partial charge is 0.417 e. The lowest BCUT2D eigenvalue weighted by Gasteiger charge is -2.10. The molecule has 0 aliphatic carbocycles. The fourth-order valence-corrected chi connectivity index (χ4v) is 1.54. The second kappa shape index (κ2) is 4.89. The molecule has 1 aromatic rings. The summed E-state index contributed by atoms with van der Waals surface area (Å²) in [6.07, 6.45) is -3.86. The number of halogens is 5. The van der Waals surface area contributed by atoms with Crippen LogP contribution in [-0.2, 0) is 6.18 Å². The molecule has 0 amide bonds. The third-order valence-electron chi connectivity index (χ3n) is 1.84. The zero-order valence-electron chi connectivity index (χ0n) is 7.72. The van der Waals surface area contributed by atoms with Gasteiger partial charge in [-0.05, 0) is 6.07 Å². The van der Waals surface area contributed by atoms with Crippen molar-refractivity contribution in [1.82, 2.24) is 4.98 Å². The van der Waals surface area contributed by atoms with Gasteiger partial charge in [0.25, 0.3) is 0 Å². The Hall–Kier alpha value is -0.990. The number of rotatable bonds is 2. The second-order valence-corrected chi connectivity index (χ2v) is 3.64. The van der Waals surface area contributed by atoms with E-state index in [1.807, 2.05) is 0 Å². The number of alkyl halides is 4. The first-order valence-corrected chi connectivity index (χ1v) is 4.99. The van der Waals surface area contributed by atoms with Gasteiger partial charge in [0.15, 0.2) is 0 Å². The van der Waals surface area contributed by atoms with Crippen LogP contribution in [0, 0.1) is 11.3 Å². The van der Waals surface area contributed by atoms with Crippen molar-refractivity contribution >= 4 is 23.2 Å². The Labute approximate surface area is 99.6 Å². The number of pyridine rings is 1. The van der Waals surface area contributed by atoms with Crippen LogP contribution in [-0.4, -0.2) is 10.9 Å². The zero-order chi connectivity index (χ0) is 12.3. The Kier molecular flexibility index (Phi) is 4.00. The van der Waals surface area contributed by atoms with E-state index >= 15 is 0 Å². The Morgan fingerprint density at radius 3 is 2.50 bits per heavy atom. The van der Waals surface area contributed by atoms with Gasteiger partial charge in [-0.2, -0.15) is 18.4 Å². The minimum atomic E-state index is -4.50. The number of hydrogen-bond donors (Lipinski definition) is 0. The Bertz CT molecular complexity index is 426. The van der Waals surface area contributed by atoms with E-state index in [9.17, 15) is 13.2 Å². The molecule has 1 atom stereocenters. The average molecular weight is 269 g/mol. The van der Waals surface area contributed by atoms with Crippen LogP contribution in [0.25, 0.3) is 0 Å². The minimum Gasteiger partial charge on any atom is -0.258 e. The van der Waals surface area contributed by atoms with Crippen LogP contribution in [0.1, 0.15) is 17.2 Å². The quantitative estimate of drug-likeness (QED) is 0.769. The molecule has 1 rings (SSSR count). The van der Waals surface area contributed by atoms with Crippen molar-refractivity contribution in [3.8, 4) is 6.07 Å². The highest BCUT2D eigenvalue weighted by Crippen LogP contribution is 2.32. The van der Waals surface area contributed by atoms with Crippen LogP contribution >= 0.6 is 23.2 Å². The van der Waals surface area contributed by atoms with Gasteiger partial charge in [0.1, 0.15) is 5.92 Å². The molecule has 0 aromatic carbocycles. The maximum atomic E-state index is 12.3. The highest BCUT2D eigenvalue weighted by Gasteiger charge is 2.32. The van der Waals surface area contributed by atoms with E-state index in [1.54, 1.807) is 6.07 Å². The molecule has 0 radical (unpaired) electrons. The van der Waals surface area contributed by atoms with Crippen LogP contribution in [0.4, 0.5) is 13.2 Å². The second-order valence-electron chi connectivity index (χ2n) is 2.92. The number of nitrogens with zero attached hydrogens (tertiary/aromatic N) is 2. The molecule has 0 aliphatic rings. The van der Waals surface area contributed by atoms with E-state index < -0.39 is 17.7 Å². The van der Waals surface area contributed by atoms with Gasteiger partial charge in [0.2, 0.25) is 0 Å². The lowest BCUT2D eigenvalue weighted by molar-refractivity contribution is -0.137.